The summed E-state index contributed by atoms with van der Waals surface area (Å²) in [5.74, 6) is 0.632. The molecule has 0 fully saturated rings. The second-order valence-electron chi connectivity index (χ2n) is 3.91. The van der Waals surface area contributed by atoms with Gasteiger partial charge in [-0.15, -0.1) is 0 Å². The summed E-state index contributed by atoms with van der Waals surface area (Å²) >= 11 is 3.40. The van der Waals surface area contributed by atoms with E-state index in [-0.39, 0.29) is 5.56 Å². The Labute approximate surface area is 112 Å². The van der Waals surface area contributed by atoms with Crippen molar-refractivity contribution in [3.63, 3.8) is 0 Å². The molecule has 3 nitrogen and oxygen atoms in total. The Morgan fingerprint density at radius 1 is 1.11 bits per heavy atom. The molecule has 2 aromatic heterocycles. The third kappa shape index (κ3) is 1.84. The van der Waals surface area contributed by atoms with Gasteiger partial charge >= 0.3 is 0 Å². The standard InChI is InChI=1S/C14H9BrN2O/c15-11-4-5-12-10(9-11)6-8-17(14(12)18)13-3-1-2-7-16-13/h1-9H. The van der Waals surface area contributed by atoms with E-state index in [1.165, 1.54) is 0 Å². The van der Waals surface area contributed by atoms with E-state index in [0.29, 0.717) is 11.2 Å². The highest BCUT2D eigenvalue weighted by Gasteiger charge is 2.05. The first-order valence-corrected chi connectivity index (χ1v) is 6.27. The molecule has 18 heavy (non-hydrogen) atoms. The zero-order valence-corrected chi connectivity index (χ0v) is 11.0. The molecule has 0 atom stereocenters. The van der Waals surface area contributed by atoms with Gasteiger partial charge in [-0.2, -0.15) is 0 Å². The van der Waals surface area contributed by atoms with Crippen molar-refractivity contribution in [2.75, 3.05) is 0 Å². The minimum Gasteiger partial charge on any atom is -0.268 e. The maximum atomic E-state index is 12.3. The van der Waals surface area contributed by atoms with Crippen molar-refractivity contribution >= 4 is 26.7 Å². The van der Waals surface area contributed by atoms with Gasteiger partial charge in [0, 0.05) is 22.3 Å². The monoisotopic (exact) mass is 300 g/mol. The van der Waals surface area contributed by atoms with Crippen LogP contribution in [0.2, 0.25) is 0 Å². The summed E-state index contributed by atoms with van der Waals surface area (Å²) in [5.41, 5.74) is -0.0568. The van der Waals surface area contributed by atoms with Crippen LogP contribution in [0.5, 0.6) is 0 Å². The molecule has 0 N–H and O–H groups in total. The van der Waals surface area contributed by atoms with Gasteiger partial charge in [0.15, 0.2) is 0 Å². The van der Waals surface area contributed by atoms with Crippen molar-refractivity contribution in [2.24, 2.45) is 0 Å². The van der Waals surface area contributed by atoms with Crippen molar-refractivity contribution in [2.45, 2.75) is 0 Å². The Kier molecular flexibility index (Phi) is 2.72. The van der Waals surface area contributed by atoms with Crippen molar-refractivity contribution < 1.29 is 0 Å². The summed E-state index contributed by atoms with van der Waals surface area (Å²) in [6.07, 6.45) is 3.42. The molecule has 3 aromatic rings. The molecule has 0 aliphatic carbocycles. The molecule has 0 radical (unpaired) electrons. The molecule has 0 unspecified atom stereocenters. The van der Waals surface area contributed by atoms with Gasteiger partial charge in [-0.25, -0.2) is 4.98 Å². The van der Waals surface area contributed by atoms with Crippen LogP contribution in [-0.4, -0.2) is 9.55 Å². The fourth-order valence-corrected chi connectivity index (χ4v) is 2.27. The molecule has 0 spiro atoms. The quantitative estimate of drug-likeness (QED) is 0.692. The first-order valence-electron chi connectivity index (χ1n) is 5.48. The lowest BCUT2D eigenvalue weighted by atomic mass is 10.2. The van der Waals surface area contributed by atoms with Crippen LogP contribution in [0.1, 0.15) is 0 Å². The predicted octanol–water partition coefficient (Wildman–Crippen LogP) is 3.15. The Balaban J connectivity index is 2.31. The van der Waals surface area contributed by atoms with Crippen LogP contribution in [-0.2, 0) is 0 Å². The molecule has 1 aromatic carbocycles. The second kappa shape index (κ2) is 4.38. The number of hydrogen-bond donors (Lipinski definition) is 0. The van der Waals surface area contributed by atoms with E-state index in [9.17, 15) is 4.79 Å². The van der Waals surface area contributed by atoms with Gasteiger partial charge in [-0.05, 0) is 41.8 Å². The Hall–Kier alpha value is -1.94. The minimum atomic E-state index is -0.0568. The average molecular weight is 301 g/mol. The molecule has 4 heteroatoms. The van der Waals surface area contributed by atoms with Gasteiger partial charge in [0.2, 0.25) is 0 Å². The van der Waals surface area contributed by atoms with Crippen molar-refractivity contribution in [1.29, 1.82) is 0 Å². The molecule has 0 bridgehead atoms. The highest BCUT2D eigenvalue weighted by molar-refractivity contribution is 9.10. The largest absolute Gasteiger partial charge is 0.268 e. The zero-order chi connectivity index (χ0) is 12.5. The predicted molar refractivity (Wildman–Crippen MR) is 75.0 cm³/mol. The van der Waals surface area contributed by atoms with E-state index < -0.39 is 0 Å². The number of nitrogens with zero attached hydrogens (tertiary/aromatic N) is 2. The van der Waals surface area contributed by atoms with Crippen molar-refractivity contribution in [3.05, 3.63) is 69.7 Å². The van der Waals surface area contributed by atoms with E-state index in [1.54, 1.807) is 17.0 Å². The van der Waals surface area contributed by atoms with E-state index in [0.717, 1.165) is 9.86 Å². The summed E-state index contributed by atoms with van der Waals surface area (Å²) in [7, 11) is 0. The van der Waals surface area contributed by atoms with Crippen molar-refractivity contribution in [3.8, 4) is 5.82 Å². The molecule has 0 aliphatic heterocycles. The number of fused-ring (bicyclic) bond motifs is 1. The number of aromatic nitrogens is 2. The van der Waals surface area contributed by atoms with Crippen LogP contribution in [0.15, 0.2) is 64.1 Å². The van der Waals surface area contributed by atoms with Crippen LogP contribution in [0.25, 0.3) is 16.6 Å². The van der Waals surface area contributed by atoms with Gasteiger partial charge < -0.3 is 0 Å². The SMILES string of the molecule is O=c1c2ccc(Br)cc2ccn1-c1ccccn1. The van der Waals surface area contributed by atoms with Gasteiger partial charge in [-0.1, -0.05) is 22.0 Å². The number of rotatable bonds is 1. The Bertz CT molecular complexity index is 766. The fourth-order valence-electron chi connectivity index (χ4n) is 1.90. The van der Waals surface area contributed by atoms with E-state index in [1.807, 2.05) is 42.5 Å². The zero-order valence-electron chi connectivity index (χ0n) is 9.38. The molecule has 0 amide bonds. The van der Waals surface area contributed by atoms with Gasteiger partial charge in [0.1, 0.15) is 5.82 Å². The molecule has 0 aliphatic rings. The number of halogens is 1. The topological polar surface area (TPSA) is 34.9 Å². The smallest absolute Gasteiger partial charge is 0.264 e. The molecule has 0 saturated carbocycles. The fraction of sp³-hybridized carbons (Fsp3) is 0. The number of hydrogen-bond acceptors (Lipinski definition) is 2. The van der Waals surface area contributed by atoms with Crippen LogP contribution < -0.4 is 5.56 Å². The van der Waals surface area contributed by atoms with Crippen LogP contribution in [0, 0.1) is 0 Å². The third-order valence-electron chi connectivity index (χ3n) is 2.76. The second-order valence-corrected chi connectivity index (χ2v) is 4.83. The highest BCUT2D eigenvalue weighted by Crippen LogP contribution is 2.17. The molecule has 0 saturated heterocycles. The first kappa shape index (κ1) is 11.2. The number of pyridine rings is 2. The molecular formula is C14H9BrN2O. The lowest BCUT2D eigenvalue weighted by Crippen LogP contribution is -2.18. The summed E-state index contributed by atoms with van der Waals surface area (Å²) in [5, 5.41) is 1.60. The van der Waals surface area contributed by atoms with Crippen molar-refractivity contribution in [1.82, 2.24) is 9.55 Å². The summed E-state index contributed by atoms with van der Waals surface area (Å²) in [6, 6.07) is 13.0. The number of benzene rings is 1. The third-order valence-corrected chi connectivity index (χ3v) is 3.26. The van der Waals surface area contributed by atoms with Gasteiger partial charge in [-0.3, -0.25) is 9.36 Å². The molecule has 2 heterocycles. The van der Waals surface area contributed by atoms with Gasteiger partial charge in [0.25, 0.3) is 5.56 Å². The molecule has 88 valence electrons. The highest BCUT2D eigenvalue weighted by atomic mass is 79.9. The minimum absolute atomic E-state index is 0.0568. The molecular weight excluding hydrogens is 292 g/mol. The van der Waals surface area contributed by atoms with Crippen LogP contribution in [0.3, 0.4) is 0 Å². The first-order chi connectivity index (χ1) is 8.75. The van der Waals surface area contributed by atoms with E-state index in [4.69, 9.17) is 0 Å². The maximum Gasteiger partial charge on any atom is 0.264 e. The summed E-state index contributed by atoms with van der Waals surface area (Å²) < 4.78 is 2.51. The van der Waals surface area contributed by atoms with Gasteiger partial charge in [0.05, 0.1) is 0 Å². The average Bonchev–Trinajstić information content (AvgIpc) is 2.40. The van der Waals surface area contributed by atoms with E-state index in [2.05, 4.69) is 20.9 Å². The maximum absolute atomic E-state index is 12.3. The van der Waals surface area contributed by atoms with Crippen LogP contribution >= 0.6 is 15.9 Å². The van der Waals surface area contributed by atoms with E-state index >= 15 is 0 Å². The normalized spacial score (nSPS) is 10.7. The lowest BCUT2D eigenvalue weighted by molar-refractivity contribution is 0.955. The molecule has 3 rings (SSSR count). The Morgan fingerprint density at radius 2 is 2.00 bits per heavy atom. The summed E-state index contributed by atoms with van der Waals surface area (Å²) in [6.45, 7) is 0. The summed E-state index contributed by atoms with van der Waals surface area (Å²) in [4.78, 5) is 16.5. The Morgan fingerprint density at radius 3 is 2.78 bits per heavy atom. The lowest BCUT2D eigenvalue weighted by Gasteiger charge is -2.06. The van der Waals surface area contributed by atoms with Crippen LogP contribution in [0.4, 0.5) is 0 Å².